The SMILES string of the molecule is Cc1ccc(C2COCCN2C(=O)NCc2scnc2C)o1. The summed E-state index contributed by atoms with van der Waals surface area (Å²) in [6, 6.07) is 3.53. The van der Waals surface area contributed by atoms with Crippen LogP contribution in [0.25, 0.3) is 0 Å². The minimum absolute atomic E-state index is 0.102. The molecule has 2 amide bonds. The van der Waals surface area contributed by atoms with Crippen LogP contribution >= 0.6 is 11.3 Å². The second-order valence-electron chi connectivity index (χ2n) is 5.25. The van der Waals surface area contributed by atoms with E-state index in [1.165, 1.54) is 0 Å². The maximum atomic E-state index is 12.5. The fourth-order valence-corrected chi connectivity index (χ4v) is 3.19. The summed E-state index contributed by atoms with van der Waals surface area (Å²) in [5.74, 6) is 1.60. The lowest BCUT2D eigenvalue weighted by molar-refractivity contribution is 0.00401. The van der Waals surface area contributed by atoms with Gasteiger partial charge in [0.2, 0.25) is 0 Å². The number of hydrogen-bond donors (Lipinski definition) is 1. The molecule has 6 nitrogen and oxygen atoms in total. The lowest BCUT2D eigenvalue weighted by atomic mass is 10.2. The average Bonchev–Trinajstić information content (AvgIpc) is 3.13. The number of nitrogens with one attached hydrogen (secondary N) is 1. The maximum absolute atomic E-state index is 12.5. The highest BCUT2D eigenvalue weighted by Gasteiger charge is 2.30. The van der Waals surface area contributed by atoms with Crippen molar-refractivity contribution < 1.29 is 13.9 Å². The summed E-state index contributed by atoms with van der Waals surface area (Å²) in [7, 11) is 0. The number of aromatic nitrogens is 1. The van der Waals surface area contributed by atoms with Gasteiger partial charge in [0.05, 0.1) is 31.0 Å². The van der Waals surface area contributed by atoms with Gasteiger partial charge < -0.3 is 19.4 Å². The Morgan fingerprint density at radius 3 is 3.05 bits per heavy atom. The number of ether oxygens (including phenoxy) is 1. The van der Waals surface area contributed by atoms with Crippen LogP contribution in [0.5, 0.6) is 0 Å². The first kappa shape index (κ1) is 15.1. The number of amides is 2. The van der Waals surface area contributed by atoms with Gasteiger partial charge in [-0.1, -0.05) is 0 Å². The van der Waals surface area contributed by atoms with Gasteiger partial charge in [-0.2, -0.15) is 0 Å². The molecule has 1 saturated heterocycles. The van der Waals surface area contributed by atoms with Crippen LogP contribution in [0.4, 0.5) is 4.79 Å². The Morgan fingerprint density at radius 1 is 1.50 bits per heavy atom. The van der Waals surface area contributed by atoms with Crippen LogP contribution in [0.2, 0.25) is 0 Å². The van der Waals surface area contributed by atoms with Crippen LogP contribution in [0, 0.1) is 13.8 Å². The van der Waals surface area contributed by atoms with Gasteiger partial charge >= 0.3 is 6.03 Å². The van der Waals surface area contributed by atoms with Crippen molar-refractivity contribution in [3.8, 4) is 0 Å². The number of urea groups is 1. The van der Waals surface area contributed by atoms with Crippen molar-refractivity contribution in [2.24, 2.45) is 0 Å². The van der Waals surface area contributed by atoms with Crippen molar-refractivity contribution in [2.45, 2.75) is 26.4 Å². The number of rotatable bonds is 3. The maximum Gasteiger partial charge on any atom is 0.318 e. The highest BCUT2D eigenvalue weighted by molar-refractivity contribution is 7.09. The Kier molecular flexibility index (Phi) is 4.44. The molecule has 0 aliphatic carbocycles. The molecule has 0 spiro atoms. The lowest BCUT2D eigenvalue weighted by Gasteiger charge is -2.34. The van der Waals surface area contributed by atoms with Gasteiger partial charge in [-0.15, -0.1) is 11.3 Å². The predicted molar refractivity (Wildman–Crippen MR) is 82.8 cm³/mol. The summed E-state index contributed by atoms with van der Waals surface area (Å²) >= 11 is 1.55. The zero-order chi connectivity index (χ0) is 15.5. The lowest BCUT2D eigenvalue weighted by Crippen LogP contribution is -2.47. The molecule has 0 saturated carbocycles. The standard InChI is InChI=1S/C15H19N3O3S/c1-10-3-4-13(21-10)12-8-20-6-5-18(12)15(19)16-7-14-11(2)17-9-22-14/h3-4,9,12H,5-8H2,1-2H3,(H,16,19). The van der Waals surface area contributed by atoms with Gasteiger partial charge in [0.1, 0.15) is 17.6 Å². The van der Waals surface area contributed by atoms with Crippen LogP contribution in [-0.4, -0.2) is 35.7 Å². The number of carbonyl (C=O) groups excluding carboxylic acids is 1. The highest BCUT2D eigenvalue weighted by atomic mass is 32.1. The van der Waals surface area contributed by atoms with E-state index in [2.05, 4.69) is 10.3 Å². The molecule has 3 heterocycles. The Balaban J connectivity index is 1.67. The molecule has 1 atom stereocenters. The Labute approximate surface area is 133 Å². The van der Waals surface area contributed by atoms with E-state index in [1.807, 2.05) is 26.0 Å². The minimum atomic E-state index is -0.176. The normalized spacial score (nSPS) is 18.5. The van der Waals surface area contributed by atoms with Gasteiger partial charge in [0.15, 0.2) is 0 Å². The summed E-state index contributed by atoms with van der Waals surface area (Å²) in [4.78, 5) is 19.5. The van der Waals surface area contributed by atoms with E-state index < -0.39 is 0 Å². The third-order valence-corrected chi connectivity index (χ3v) is 4.66. The number of hydrogen-bond acceptors (Lipinski definition) is 5. The molecule has 0 bridgehead atoms. The van der Waals surface area contributed by atoms with E-state index in [9.17, 15) is 4.79 Å². The monoisotopic (exact) mass is 321 g/mol. The number of carbonyl (C=O) groups is 1. The first-order chi connectivity index (χ1) is 10.6. The van der Waals surface area contributed by atoms with Crippen molar-refractivity contribution in [1.82, 2.24) is 15.2 Å². The number of furan rings is 1. The summed E-state index contributed by atoms with van der Waals surface area (Å²) in [6.07, 6.45) is 0. The van der Waals surface area contributed by atoms with Crippen molar-refractivity contribution in [1.29, 1.82) is 0 Å². The van der Waals surface area contributed by atoms with Crippen LogP contribution < -0.4 is 5.32 Å². The second-order valence-corrected chi connectivity index (χ2v) is 6.19. The van der Waals surface area contributed by atoms with Crippen LogP contribution in [-0.2, 0) is 11.3 Å². The molecule has 118 valence electrons. The molecule has 1 fully saturated rings. The summed E-state index contributed by atoms with van der Waals surface area (Å²) < 4.78 is 11.2. The molecule has 3 rings (SSSR count). The Morgan fingerprint density at radius 2 is 2.36 bits per heavy atom. The molecule has 0 aromatic carbocycles. The number of morpholine rings is 1. The molecular formula is C15H19N3O3S. The van der Waals surface area contributed by atoms with Crippen molar-refractivity contribution in [2.75, 3.05) is 19.8 Å². The fourth-order valence-electron chi connectivity index (χ4n) is 2.47. The fraction of sp³-hybridized carbons (Fsp3) is 0.467. The first-order valence-corrected chi connectivity index (χ1v) is 8.10. The summed E-state index contributed by atoms with van der Waals surface area (Å²) in [6.45, 7) is 5.89. The predicted octanol–water partition coefficient (Wildman–Crippen LogP) is 2.64. The van der Waals surface area contributed by atoms with Crippen LogP contribution in [0.3, 0.4) is 0 Å². The van der Waals surface area contributed by atoms with Gasteiger partial charge in [-0.3, -0.25) is 0 Å². The smallest absolute Gasteiger partial charge is 0.318 e. The first-order valence-electron chi connectivity index (χ1n) is 7.22. The summed E-state index contributed by atoms with van der Waals surface area (Å²) in [5, 5.41) is 2.96. The molecule has 0 radical (unpaired) electrons. The van der Waals surface area contributed by atoms with Crippen molar-refractivity contribution in [3.63, 3.8) is 0 Å². The third-order valence-electron chi connectivity index (χ3n) is 3.72. The summed E-state index contributed by atoms with van der Waals surface area (Å²) in [5.41, 5.74) is 2.76. The van der Waals surface area contributed by atoms with Gasteiger partial charge in [-0.05, 0) is 26.0 Å². The van der Waals surface area contributed by atoms with E-state index in [0.717, 1.165) is 22.1 Å². The molecule has 1 aliphatic rings. The van der Waals surface area contributed by atoms with Crippen molar-refractivity contribution >= 4 is 17.4 Å². The number of nitrogens with zero attached hydrogens (tertiary/aromatic N) is 2. The number of thiazole rings is 1. The molecule has 22 heavy (non-hydrogen) atoms. The highest BCUT2D eigenvalue weighted by Crippen LogP contribution is 2.26. The van der Waals surface area contributed by atoms with Crippen LogP contribution in [0.15, 0.2) is 22.1 Å². The average molecular weight is 321 g/mol. The zero-order valence-corrected chi connectivity index (χ0v) is 13.5. The van der Waals surface area contributed by atoms with E-state index in [0.29, 0.717) is 26.3 Å². The van der Waals surface area contributed by atoms with Gasteiger partial charge in [-0.25, -0.2) is 9.78 Å². The molecule has 1 N–H and O–H groups in total. The topological polar surface area (TPSA) is 67.6 Å². The van der Waals surface area contributed by atoms with Crippen molar-refractivity contribution in [3.05, 3.63) is 39.7 Å². The van der Waals surface area contributed by atoms with E-state index in [-0.39, 0.29) is 12.1 Å². The zero-order valence-electron chi connectivity index (χ0n) is 12.7. The Hall–Kier alpha value is -1.86. The quantitative estimate of drug-likeness (QED) is 0.943. The van der Waals surface area contributed by atoms with Gasteiger partial charge in [0, 0.05) is 11.4 Å². The minimum Gasteiger partial charge on any atom is -0.464 e. The molecule has 1 unspecified atom stereocenters. The Bertz CT molecular complexity index is 652. The molecule has 2 aromatic heterocycles. The van der Waals surface area contributed by atoms with Crippen LogP contribution in [0.1, 0.15) is 28.1 Å². The largest absolute Gasteiger partial charge is 0.464 e. The molecule has 7 heteroatoms. The van der Waals surface area contributed by atoms with Gasteiger partial charge in [0.25, 0.3) is 0 Å². The van der Waals surface area contributed by atoms with E-state index in [4.69, 9.17) is 9.15 Å². The second kappa shape index (κ2) is 6.50. The molecule has 1 aliphatic heterocycles. The van der Waals surface area contributed by atoms with E-state index >= 15 is 0 Å². The molecule has 2 aromatic rings. The number of aryl methyl sites for hydroxylation is 2. The third kappa shape index (κ3) is 3.15. The molecular weight excluding hydrogens is 302 g/mol. The van der Waals surface area contributed by atoms with E-state index in [1.54, 1.807) is 21.7 Å².